The Bertz CT molecular complexity index is 728. The van der Waals surface area contributed by atoms with Crippen molar-refractivity contribution in [3.8, 4) is 0 Å². The molecule has 4 nitrogen and oxygen atoms in total. The molecule has 1 amide bonds. The third kappa shape index (κ3) is 5.60. The van der Waals surface area contributed by atoms with Crippen molar-refractivity contribution in [1.29, 1.82) is 0 Å². The molecule has 2 aromatic rings. The Morgan fingerprint density at radius 1 is 1.15 bits per heavy atom. The van der Waals surface area contributed by atoms with Crippen LogP contribution in [0.3, 0.4) is 0 Å². The van der Waals surface area contributed by atoms with E-state index in [0.717, 1.165) is 17.7 Å². The van der Waals surface area contributed by atoms with E-state index >= 15 is 0 Å². The first kappa shape index (κ1) is 21.0. The van der Waals surface area contributed by atoms with Crippen molar-refractivity contribution < 1.29 is 9.53 Å². The number of hydrogen-bond donors (Lipinski definition) is 2. The van der Waals surface area contributed by atoms with Gasteiger partial charge in [-0.3, -0.25) is 4.79 Å². The van der Waals surface area contributed by atoms with Crippen molar-refractivity contribution in [1.82, 2.24) is 10.6 Å². The van der Waals surface area contributed by atoms with Crippen LogP contribution in [0.15, 0.2) is 48.5 Å². The van der Waals surface area contributed by atoms with Crippen LogP contribution in [0.25, 0.3) is 0 Å². The minimum absolute atomic E-state index is 0. The van der Waals surface area contributed by atoms with Gasteiger partial charge in [0.05, 0.1) is 29.1 Å². The summed E-state index contributed by atoms with van der Waals surface area (Å²) in [5, 5.41) is 7.36. The van der Waals surface area contributed by atoms with E-state index in [1.807, 2.05) is 36.4 Å². The molecule has 2 aromatic carbocycles. The molecule has 1 aliphatic rings. The lowest BCUT2D eigenvalue weighted by atomic mass is 10.0. The van der Waals surface area contributed by atoms with Crippen LogP contribution in [0, 0.1) is 0 Å². The maximum atomic E-state index is 12.4. The smallest absolute Gasteiger partial charge is 0.224 e. The molecular weight excluding hydrogens is 395 g/mol. The topological polar surface area (TPSA) is 50.4 Å². The molecule has 2 atom stereocenters. The number of benzene rings is 2. The van der Waals surface area contributed by atoms with E-state index in [2.05, 4.69) is 10.6 Å². The number of ether oxygens (including phenoxy) is 1. The molecule has 0 spiro atoms. The Hall–Kier alpha value is -1.30. The molecule has 1 aliphatic heterocycles. The van der Waals surface area contributed by atoms with Crippen LogP contribution in [0.1, 0.15) is 17.2 Å². The number of rotatable bonds is 4. The fourth-order valence-corrected chi connectivity index (χ4v) is 3.23. The molecule has 3 rings (SSSR count). The zero-order valence-electron chi connectivity index (χ0n) is 14.1. The first-order valence-corrected chi connectivity index (χ1v) is 8.99. The lowest BCUT2D eigenvalue weighted by Gasteiger charge is -2.26. The van der Waals surface area contributed by atoms with Gasteiger partial charge in [0.1, 0.15) is 6.10 Å². The number of carbonyl (C=O) groups is 1. The summed E-state index contributed by atoms with van der Waals surface area (Å²) in [6.07, 6.45) is 0.0651. The maximum Gasteiger partial charge on any atom is 0.224 e. The molecule has 1 saturated heterocycles. The number of hydrogen-bond acceptors (Lipinski definition) is 3. The number of amides is 1. The molecule has 1 heterocycles. The van der Waals surface area contributed by atoms with E-state index in [9.17, 15) is 4.79 Å². The number of halogens is 3. The standard InChI is InChI=1S/C19H20Cl2N2O2.ClH/c20-15-7-6-14(11-16(15)21)19-17(12-22-8-9-25-19)23-18(24)10-13-4-2-1-3-5-13;/h1-7,11,17,19,22H,8-10,12H2,(H,23,24);1H/t17-,19+;/m1./s1. The lowest BCUT2D eigenvalue weighted by Crippen LogP contribution is -2.45. The van der Waals surface area contributed by atoms with E-state index in [4.69, 9.17) is 27.9 Å². The number of nitrogens with one attached hydrogen (secondary N) is 2. The second-order valence-electron chi connectivity index (χ2n) is 6.01. The summed E-state index contributed by atoms with van der Waals surface area (Å²) in [4.78, 5) is 12.4. The van der Waals surface area contributed by atoms with E-state index in [0.29, 0.717) is 29.6 Å². The van der Waals surface area contributed by atoms with Crippen LogP contribution in [-0.2, 0) is 16.0 Å². The van der Waals surface area contributed by atoms with E-state index in [1.54, 1.807) is 12.1 Å². The van der Waals surface area contributed by atoms with Crippen LogP contribution in [0.5, 0.6) is 0 Å². The molecule has 1 fully saturated rings. The Morgan fingerprint density at radius 3 is 2.65 bits per heavy atom. The largest absolute Gasteiger partial charge is 0.370 e. The van der Waals surface area contributed by atoms with Gasteiger partial charge in [0, 0.05) is 13.1 Å². The van der Waals surface area contributed by atoms with Crippen LogP contribution in [0.4, 0.5) is 0 Å². The second-order valence-corrected chi connectivity index (χ2v) is 6.82. The van der Waals surface area contributed by atoms with Crippen LogP contribution >= 0.6 is 35.6 Å². The minimum atomic E-state index is -0.274. The first-order chi connectivity index (χ1) is 12.1. The first-order valence-electron chi connectivity index (χ1n) is 8.24. The molecule has 0 unspecified atom stereocenters. The van der Waals surface area contributed by atoms with Gasteiger partial charge in [-0.1, -0.05) is 59.6 Å². The SMILES string of the molecule is Cl.O=C(Cc1ccccc1)N[C@@H]1CNCCO[C@H]1c1ccc(Cl)c(Cl)c1. The summed E-state index contributed by atoms with van der Waals surface area (Å²) >= 11 is 12.2. The molecule has 7 heteroatoms. The summed E-state index contributed by atoms with van der Waals surface area (Å²) < 4.78 is 5.97. The normalized spacial score (nSPS) is 19.9. The van der Waals surface area contributed by atoms with Gasteiger partial charge in [0.2, 0.25) is 5.91 Å². The predicted octanol–water partition coefficient (Wildman–Crippen LogP) is 3.80. The van der Waals surface area contributed by atoms with Crippen molar-refractivity contribution in [2.24, 2.45) is 0 Å². The molecule has 0 aromatic heterocycles. The Kier molecular flexibility index (Phi) is 8.19. The Balaban J connectivity index is 0.00000243. The molecule has 0 aliphatic carbocycles. The highest BCUT2D eigenvalue weighted by Crippen LogP contribution is 2.29. The van der Waals surface area contributed by atoms with Crippen LogP contribution in [0.2, 0.25) is 10.0 Å². The highest BCUT2D eigenvalue weighted by molar-refractivity contribution is 6.42. The van der Waals surface area contributed by atoms with E-state index in [1.165, 1.54) is 0 Å². The summed E-state index contributed by atoms with van der Waals surface area (Å²) in [7, 11) is 0. The van der Waals surface area contributed by atoms with Gasteiger partial charge in [-0.05, 0) is 23.3 Å². The Labute approximate surface area is 169 Å². The van der Waals surface area contributed by atoms with Gasteiger partial charge in [-0.2, -0.15) is 0 Å². The van der Waals surface area contributed by atoms with Crippen LogP contribution in [-0.4, -0.2) is 31.6 Å². The molecule has 0 bridgehead atoms. The van der Waals surface area contributed by atoms with Crippen molar-refractivity contribution >= 4 is 41.5 Å². The molecule has 2 N–H and O–H groups in total. The summed E-state index contributed by atoms with van der Waals surface area (Å²) in [6, 6.07) is 14.9. The monoisotopic (exact) mass is 414 g/mol. The van der Waals surface area contributed by atoms with Gasteiger partial charge in [0.15, 0.2) is 0 Å². The molecule has 26 heavy (non-hydrogen) atoms. The van der Waals surface area contributed by atoms with Gasteiger partial charge in [-0.15, -0.1) is 12.4 Å². The van der Waals surface area contributed by atoms with Crippen molar-refractivity contribution in [2.75, 3.05) is 19.7 Å². The third-order valence-electron chi connectivity index (χ3n) is 4.13. The zero-order valence-corrected chi connectivity index (χ0v) is 16.4. The van der Waals surface area contributed by atoms with Gasteiger partial charge in [-0.25, -0.2) is 0 Å². The summed E-state index contributed by atoms with van der Waals surface area (Å²) in [5.74, 6) is -0.0337. The van der Waals surface area contributed by atoms with E-state index < -0.39 is 0 Å². The molecular formula is C19H21Cl3N2O2. The predicted molar refractivity (Wildman–Crippen MR) is 107 cm³/mol. The van der Waals surface area contributed by atoms with Gasteiger partial charge >= 0.3 is 0 Å². The Morgan fingerprint density at radius 2 is 1.92 bits per heavy atom. The average Bonchev–Trinajstić information content (AvgIpc) is 2.83. The fraction of sp³-hybridized carbons (Fsp3) is 0.316. The molecule has 140 valence electrons. The highest BCUT2D eigenvalue weighted by Gasteiger charge is 2.28. The van der Waals surface area contributed by atoms with Gasteiger partial charge < -0.3 is 15.4 Å². The van der Waals surface area contributed by atoms with E-state index in [-0.39, 0.29) is 30.5 Å². The van der Waals surface area contributed by atoms with Crippen molar-refractivity contribution in [3.63, 3.8) is 0 Å². The fourth-order valence-electron chi connectivity index (χ4n) is 2.92. The maximum absolute atomic E-state index is 12.4. The van der Waals surface area contributed by atoms with Gasteiger partial charge in [0.25, 0.3) is 0 Å². The second kappa shape index (κ2) is 10.1. The molecule has 0 saturated carbocycles. The third-order valence-corrected chi connectivity index (χ3v) is 4.87. The zero-order chi connectivity index (χ0) is 17.6. The average molecular weight is 416 g/mol. The highest BCUT2D eigenvalue weighted by atomic mass is 35.5. The number of carbonyl (C=O) groups excluding carboxylic acids is 1. The lowest BCUT2D eigenvalue weighted by molar-refractivity contribution is -0.122. The van der Waals surface area contributed by atoms with Crippen LogP contribution < -0.4 is 10.6 Å². The summed E-state index contributed by atoms with van der Waals surface area (Å²) in [5.41, 5.74) is 1.89. The summed E-state index contributed by atoms with van der Waals surface area (Å²) in [6.45, 7) is 1.93. The van der Waals surface area contributed by atoms with Crippen molar-refractivity contribution in [3.05, 3.63) is 69.7 Å². The minimum Gasteiger partial charge on any atom is -0.370 e. The quantitative estimate of drug-likeness (QED) is 0.798. The molecule has 0 radical (unpaired) electrons. The van der Waals surface area contributed by atoms with Crippen molar-refractivity contribution in [2.45, 2.75) is 18.6 Å².